The Labute approximate surface area is 224 Å². The molecule has 0 saturated carbocycles. The molecule has 8 heteroatoms. The van der Waals surface area contributed by atoms with E-state index in [1.165, 1.54) is 7.11 Å². The predicted octanol–water partition coefficient (Wildman–Crippen LogP) is 4.89. The van der Waals surface area contributed by atoms with Crippen LogP contribution in [0.15, 0.2) is 60.7 Å². The molecule has 8 nitrogen and oxygen atoms in total. The van der Waals surface area contributed by atoms with E-state index in [0.29, 0.717) is 12.0 Å². The van der Waals surface area contributed by atoms with Gasteiger partial charge in [-0.1, -0.05) is 61.6 Å². The van der Waals surface area contributed by atoms with E-state index in [1.807, 2.05) is 43.3 Å². The second-order valence-corrected chi connectivity index (χ2v) is 9.91. The number of methoxy groups -OCH3 is 1. The van der Waals surface area contributed by atoms with E-state index < -0.39 is 36.2 Å². The van der Waals surface area contributed by atoms with E-state index in [0.717, 1.165) is 11.1 Å². The lowest BCUT2D eigenvalue weighted by Crippen LogP contribution is -2.34. The van der Waals surface area contributed by atoms with Crippen LogP contribution in [-0.4, -0.2) is 65.4 Å². The molecule has 1 saturated heterocycles. The number of aromatic carboxylic acids is 1. The molecule has 3 N–H and O–H groups in total. The molecular weight excluding hydrogens is 488 g/mol. The first kappa shape index (κ1) is 29.5. The molecule has 1 fully saturated rings. The lowest BCUT2D eigenvalue weighted by molar-refractivity contribution is -0.152. The first-order valence-corrected chi connectivity index (χ1v) is 12.7. The molecule has 206 valence electrons. The highest BCUT2D eigenvalue weighted by Gasteiger charge is 2.43. The summed E-state index contributed by atoms with van der Waals surface area (Å²) in [5, 5.41) is 30.5. The molecule has 1 aliphatic heterocycles. The number of carbonyl (C=O) groups is 1. The maximum absolute atomic E-state index is 12.2. The standard InChI is InChI=1S/C30H38O8/c1-19(20(2)31)14-15-24(32)28-25(37-30(3,4)38-28)13-9-12-22-16-23(21-10-7-6-8-11-21)17-26(36-18-35-5)27(22)29(33)34/h6-12,14-17,19-20,24-25,28,31-32H,13,18H2,1-5H3,(H,33,34)/b12-9+,15-14-/t19?,20-,24?,25-,28+/m0/s1. The van der Waals surface area contributed by atoms with E-state index in [2.05, 4.69) is 0 Å². The zero-order valence-corrected chi connectivity index (χ0v) is 22.5. The smallest absolute Gasteiger partial charge is 0.340 e. The van der Waals surface area contributed by atoms with Crippen LogP contribution < -0.4 is 4.74 Å². The molecule has 0 amide bonds. The number of ether oxygens (including phenoxy) is 4. The summed E-state index contributed by atoms with van der Waals surface area (Å²) >= 11 is 0. The van der Waals surface area contributed by atoms with Crippen LogP contribution in [0.4, 0.5) is 0 Å². The second kappa shape index (κ2) is 13.2. The van der Waals surface area contributed by atoms with Crippen LogP contribution in [0, 0.1) is 5.92 Å². The predicted molar refractivity (Wildman–Crippen MR) is 145 cm³/mol. The van der Waals surface area contributed by atoms with Crippen molar-refractivity contribution in [3.8, 4) is 16.9 Å². The van der Waals surface area contributed by atoms with E-state index in [-0.39, 0.29) is 24.0 Å². The number of carboxylic acids is 1. The molecular formula is C30H38O8. The summed E-state index contributed by atoms with van der Waals surface area (Å²) in [5.74, 6) is -1.94. The lowest BCUT2D eigenvalue weighted by Gasteiger charge is -2.20. The van der Waals surface area contributed by atoms with Gasteiger partial charge >= 0.3 is 5.97 Å². The van der Waals surface area contributed by atoms with Crippen molar-refractivity contribution < 1.29 is 39.1 Å². The maximum atomic E-state index is 12.2. The average molecular weight is 527 g/mol. The number of benzene rings is 2. The summed E-state index contributed by atoms with van der Waals surface area (Å²) in [7, 11) is 1.47. The monoisotopic (exact) mass is 526 g/mol. The fraction of sp³-hybridized carbons (Fsp3) is 0.433. The molecule has 3 rings (SSSR count). The molecule has 0 aliphatic carbocycles. The van der Waals surface area contributed by atoms with Crippen LogP contribution in [0.25, 0.3) is 17.2 Å². The van der Waals surface area contributed by atoms with Crippen molar-refractivity contribution in [2.75, 3.05) is 13.9 Å². The quantitative estimate of drug-likeness (QED) is 0.265. The molecule has 2 aromatic rings. The third kappa shape index (κ3) is 7.75. The molecule has 38 heavy (non-hydrogen) atoms. The number of rotatable bonds is 12. The van der Waals surface area contributed by atoms with Crippen molar-refractivity contribution in [1.82, 2.24) is 0 Å². The van der Waals surface area contributed by atoms with Gasteiger partial charge in [-0.25, -0.2) is 4.79 Å². The van der Waals surface area contributed by atoms with Gasteiger partial charge in [0.05, 0.1) is 12.2 Å². The maximum Gasteiger partial charge on any atom is 0.340 e. The first-order valence-electron chi connectivity index (χ1n) is 12.7. The Morgan fingerprint density at radius 3 is 2.42 bits per heavy atom. The minimum absolute atomic E-state index is 0.0218. The third-order valence-electron chi connectivity index (χ3n) is 6.38. The Bertz CT molecular complexity index is 1120. The number of aliphatic hydroxyl groups excluding tert-OH is 2. The summed E-state index contributed by atoms with van der Waals surface area (Å²) in [6, 6.07) is 13.1. The largest absolute Gasteiger partial charge is 0.478 e. The van der Waals surface area contributed by atoms with Gasteiger partial charge in [-0.3, -0.25) is 0 Å². The van der Waals surface area contributed by atoms with Crippen molar-refractivity contribution >= 4 is 12.0 Å². The van der Waals surface area contributed by atoms with E-state index in [9.17, 15) is 20.1 Å². The molecule has 5 atom stereocenters. The molecule has 1 heterocycles. The molecule has 0 bridgehead atoms. The number of hydrogen-bond acceptors (Lipinski definition) is 7. The number of carboxylic acid groups (broad SMARTS) is 1. The van der Waals surface area contributed by atoms with Gasteiger partial charge in [0.2, 0.25) is 0 Å². The highest BCUT2D eigenvalue weighted by Crippen LogP contribution is 2.34. The van der Waals surface area contributed by atoms with Crippen LogP contribution in [-0.2, 0) is 14.2 Å². The molecule has 2 aromatic carbocycles. The Hall–Kier alpha value is -3.01. The van der Waals surface area contributed by atoms with Crippen molar-refractivity contribution in [3.05, 3.63) is 71.8 Å². The first-order chi connectivity index (χ1) is 18.0. The Balaban J connectivity index is 1.89. The van der Waals surface area contributed by atoms with Crippen LogP contribution in [0.1, 0.15) is 50.0 Å². The van der Waals surface area contributed by atoms with E-state index >= 15 is 0 Å². The van der Waals surface area contributed by atoms with Gasteiger partial charge in [0.15, 0.2) is 12.6 Å². The van der Waals surface area contributed by atoms with Gasteiger partial charge in [-0.2, -0.15) is 0 Å². The molecule has 0 aromatic heterocycles. The zero-order valence-electron chi connectivity index (χ0n) is 22.5. The molecule has 0 spiro atoms. The fourth-order valence-corrected chi connectivity index (χ4v) is 4.25. The number of hydrogen-bond donors (Lipinski definition) is 3. The number of aliphatic hydroxyl groups is 2. The van der Waals surface area contributed by atoms with E-state index in [1.54, 1.807) is 51.1 Å². The average Bonchev–Trinajstić information content (AvgIpc) is 3.19. The fourth-order valence-electron chi connectivity index (χ4n) is 4.25. The van der Waals surface area contributed by atoms with Gasteiger partial charge < -0.3 is 34.3 Å². The second-order valence-electron chi connectivity index (χ2n) is 9.91. The van der Waals surface area contributed by atoms with Gasteiger partial charge in [-0.15, -0.1) is 0 Å². The van der Waals surface area contributed by atoms with Gasteiger partial charge in [0.25, 0.3) is 0 Å². The van der Waals surface area contributed by atoms with Crippen molar-refractivity contribution in [2.24, 2.45) is 5.92 Å². The van der Waals surface area contributed by atoms with Crippen LogP contribution in [0.5, 0.6) is 5.75 Å². The minimum Gasteiger partial charge on any atom is -0.478 e. The van der Waals surface area contributed by atoms with Crippen molar-refractivity contribution in [2.45, 2.75) is 64.3 Å². The molecule has 2 unspecified atom stereocenters. The van der Waals surface area contributed by atoms with Crippen LogP contribution in [0.2, 0.25) is 0 Å². The summed E-state index contributed by atoms with van der Waals surface area (Å²) in [6.07, 6.45) is 4.69. The van der Waals surface area contributed by atoms with Gasteiger partial charge in [0, 0.05) is 7.11 Å². The summed E-state index contributed by atoms with van der Waals surface area (Å²) in [4.78, 5) is 12.2. The zero-order chi connectivity index (χ0) is 27.9. The highest BCUT2D eigenvalue weighted by atomic mass is 16.8. The van der Waals surface area contributed by atoms with Crippen LogP contribution in [0.3, 0.4) is 0 Å². The van der Waals surface area contributed by atoms with Crippen LogP contribution >= 0.6 is 0 Å². The summed E-state index contributed by atoms with van der Waals surface area (Å²) < 4.78 is 22.7. The Kier molecular flexibility index (Phi) is 10.2. The lowest BCUT2D eigenvalue weighted by atomic mass is 9.96. The van der Waals surface area contributed by atoms with E-state index in [4.69, 9.17) is 18.9 Å². The normalized spacial score (nSPS) is 21.6. The van der Waals surface area contributed by atoms with Gasteiger partial charge in [-0.05, 0) is 61.9 Å². The SMILES string of the molecule is COCOc1cc(-c2ccccc2)cc(/C=C/C[C@@H]2OC(C)(C)O[C@@H]2C(O)/C=C\C(C)[C@H](C)O)c1C(=O)O. The Morgan fingerprint density at radius 2 is 1.79 bits per heavy atom. The van der Waals surface area contributed by atoms with Crippen molar-refractivity contribution in [3.63, 3.8) is 0 Å². The Morgan fingerprint density at radius 1 is 1.08 bits per heavy atom. The molecule has 0 radical (unpaired) electrons. The minimum atomic E-state index is -1.12. The highest BCUT2D eigenvalue weighted by molar-refractivity contribution is 5.96. The summed E-state index contributed by atoms with van der Waals surface area (Å²) in [6.45, 7) is 7.02. The van der Waals surface area contributed by atoms with Crippen molar-refractivity contribution in [1.29, 1.82) is 0 Å². The third-order valence-corrected chi connectivity index (χ3v) is 6.38. The summed E-state index contributed by atoms with van der Waals surface area (Å²) in [5.41, 5.74) is 2.20. The van der Waals surface area contributed by atoms with Gasteiger partial charge in [0.1, 0.15) is 23.5 Å². The topological polar surface area (TPSA) is 115 Å². The molecule has 1 aliphatic rings.